The van der Waals surface area contributed by atoms with Crippen molar-refractivity contribution in [3.63, 3.8) is 0 Å². The van der Waals surface area contributed by atoms with Gasteiger partial charge in [0, 0.05) is 31.6 Å². The molecule has 1 saturated heterocycles. The van der Waals surface area contributed by atoms with Gasteiger partial charge in [0.1, 0.15) is 5.75 Å². The van der Waals surface area contributed by atoms with E-state index in [1.54, 1.807) is 7.11 Å². The number of para-hydroxylation sites is 1. The number of nitrogens with one attached hydrogen (secondary N) is 1. The van der Waals surface area contributed by atoms with Gasteiger partial charge in [-0.2, -0.15) is 0 Å². The van der Waals surface area contributed by atoms with Gasteiger partial charge < -0.3 is 15.0 Å². The van der Waals surface area contributed by atoms with E-state index < -0.39 is 0 Å². The van der Waals surface area contributed by atoms with Gasteiger partial charge in [0.05, 0.1) is 7.11 Å². The second kappa shape index (κ2) is 8.39. The van der Waals surface area contributed by atoms with Crippen molar-refractivity contribution in [3.05, 3.63) is 29.8 Å². The third-order valence-electron chi connectivity index (χ3n) is 4.51. The van der Waals surface area contributed by atoms with E-state index in [0.717, 1.165) is 24.4 Å². The molecule has 2 rings (SSSR count). The minimum atomic E-state index is 0. The Labute approximate surface area is 139 Å². The number of benzene rings is 1. The fraction of sp³-hybridized carbons (Fsp3) is 0.588. The zero-order valence-corrected chi connectivity index (χ0v) is 14.7. The van der Waals surface area contributed by atoms with E-state index in [2.05, 4.69) is 26.1 Å². The normalized spacial score (nSPS) is 22.6. The van der Waals surface area contributed by atoms with E-state index in [0.29, 0.717) is 12.5 Å². The van der Waals surface area contributed by atoms with Gasteiger partial charge in [-0.15, -0.1) is 12.4 Å². The van der Waals surface area contributed by atoms with Crippen molar-refractivity contribution in [1.29, 1.82) is 0 Å². The predicted octanol–water partition coefficient (Wildman–Crippen LogP) is 2.82. The van der Waals surface area contributed by atoms with Crippen LogP contribution in [0.25, 0.3) is 0 Å². The van der Waals surface area contributed by atoms with Crippen LogP contribution in [0, 0.1) is 0 Å². The van der Waals surface area contributed by atoms with Gasteiger partial charge in [-0.3, -0.25) is 4.79 Å². The van der Waals surface area contributed by atoms with Crippen LogP contribution in [0.5, 0.6) is 5.75 Å². The van der Waals surface area contributed by atoms with Gasteiger partial charge in [-0.05, 0) is 31.4 Å². The van der Waals surface area contributed by atoms with Crippen LogP contribution in [0.1, 0.15) is 38.7 Å². The SMILES string of the molecule is COc1ccccc1C(C)CC(=O)N1CCNC(C)C1C.Cl. The number of nitrogens with zero attached hydrogens (tertiary/aromatic N) is 1. The topological polar surface area (TPSA) is 41.6 Å². The highest BCUT2D eigenvalue weighted by atomic mass is 35.5. The quantitative estimate of drug-likeness (QED) is 0.925. The van der Waals surface area contributed by atoms with Crippen molar-refractivity contribution in [2.45, 2.75) is 45.2 Å². The molecule has 124 valence electrons. The Kier molecular flexibility index (Phi) is 7.17. The molecule has 1 aliphatic heterocycles. The number of rotatable bonds is 4. The van der Waals surface area contributed by atoms with Crippen LogP contribution in [-0.4, -0.2) is 43.1 Å². The summed E-state index contributed by atoms with van der Waals surface area (Å²) in [6.45, 7) is 8.01. The highest BCUT2D eigenvalue weighted by Gasteiger charge is 2.29. The summed E-state index contributed by atoms with van der Waals surface area (Å²) in [6, 6.07) is 8.54. The molecular formula is C17H27ClN2O2. The van der Waals surface area contributed by atoms with Crippen molar-refractivity contribution in [1.82, 2.24) is 10.2 Å². The largest absolute Gasteiger partial charge is 0.496 e. The highest BCUT2D eigenvalue weighted by Crippen LogP contribution is 2.29. The van der Waals surface area contributed by atoms with E-state index in [9.17, 15) is 4.79 Å². The third kappa shape index (κ3) is 4.14. The Morgan fingerprint density at radius 2 is 2.09 bits per heavy atom. The van der Waals surface area contributed by atoms with Gasteiger partial charge in [-0.25, -0.2) is 0 Å². The molecule has 3 atom stereocenters. The number of hydrogen-bond donors (Lipinski definition) is 1. The lowest BCUT2D eigenvalue weighted by Gasteiger charge is -2.39. The number of amides is 1. The maximum Gasteiger partial charge on any atom is 0.223 e. The molecule has 0 spiro atoms. The second-order valence-electron chi connectivity index (χ2n) is 5.92. The first-order valence-corrected chi connectivity index (χ1v) is 7.70. The standard InChI is InChI=1S/C17H26N2O2.ClH/c1-12(15-7-5-6-8-16(15)21-4)11-17(20)19-10-9-18-13(2)14(19)3;/h5-8,12-14,18H,9-11H2,1-4H3;1H. The Morgan fingerprint density at radius 1 is 1.41 bits per heavy atom. The number of carbonyl (C=O) groups is 1. The number of halogens is 1. The maximum atomic E-state index is 12.6. The van der Waals surface area contributed by atoms with Gasteiger partial charge in [0.2, 0.25) is 5.91 Å². The maximum absolute atomic E-state index is 12.6. The fourth-order valence-corrected chi connectivity index (χ4v) is 2.97. The summed E-state index contributed by atoms with van der Waals surface area (Å²) in [5.74, 6) is 1.25. The van der Waals surface area contributed by atoms with E-state index >= 15 is 0 Å². The minimum Gasteiger partial charge on any atom is -0.496 e. The second-order valence-corrected chi connectivity index (χ2v) is 5.92. The Balaban J connectivity index is 0.00000242. The Morgan fingerprint density at radius 3 is 2.77 bits per heavy atom. The molecule has 1 aromatic carbocycles. The molecule has 0 aliphatic carbocycles. The lowest BCUT2D eigenvalue weighted by atomic mass is 9.95. The molecule has 0 radical (unpaired) electrons. The summed E-state index contributed by atoms with van der Waals surface area (Å²) in [5, 5.41) is 3.41. The zero-order valence-electron chi connectivity index (χ0n) is 13.8. The van der Waals surface area contributed by atoms with Crippen LogP contribution >= 0.6 is 12.4 Å². The van der Waals surface area contributed by atoms with Crippen LogP contribution in [0.4, 0.5) is 0 Å². The molecule has 22 heavy (non-hydrogen) atoms. The molecule has 0 saturated carbocycles. The predicted molar refractivity (Wildman–Crippen MR) is 91.9 cm³/mol. The van der Waals surface area contributed by atoms with Crippen molar-refractivity contribution >= 4 is 18.3 Å². The zero-order chi connectivity index (χ0) is 15.4. The van der Waals surface area contributed by atoms with Crippen molar-refractivity contribution in [2.24, 2.45) is 0 Å². The van der Waals surface area contributed by atoms with Crippen LogP contribution in [0.15, 0.2) is 24.3 Å². The molecule has 1 amide bonds. The molecule has 1 aliphatic rings. The first kappa shape index (κ1) is 18.8. The number of methoxy groups -OCH3 is 1. The average Bonchev–Trinajstić information content (AvgIpc) is 2.49. The molecule has 5 heteroatoms. The fourth-order valence-electron chi connectivity index (χ4n) is 2.97. The van der Waals surface area contributed by atoms with E-state index in [1.807, 2.05) is 29.2 Å². The van der Waals surface area contributed by atoms with Crippen molar-refractivity contribution in [3.8, 4) is 5.75 Å². The molecule has 0 aromatic heterocycles. The lowest BCUT2D eigenvalue weighted by Crippen LogP contribution is -2.57. The van der Waals surface area contributed by atoms with Gasteiger partial charge in [0.25, 0.3) is 0 Å². The molecule has 1 N–H and O–H groups in total. The summed E-state index contributed by atoms with van der Waals surface area (Å²) < 4.78 is 5.40. The van der Waals surface area contributed by atoms with E-state index in [1.165, 1.54) is 0 Å². The Bertz CT molecular complexity index is 495. The van der Waals surface area contributed by atoms with Crippen LogP contribution in [-0.2, 0) is 4.79 Å². The van der Waals surface area contributed by atoms with E-state index in [-0.39, 0.29) is 30.3 Å². The molecular weight excluding hydrogens is 300 g/mol. The summed E-state index contributed by atoms with van der Waals surface area (Å²) in [5.41, 5.74) is 1.10. The van der Waals surface area contributed by atoms with Crippen molar-refractivity contribution < 1.29 is 9.53 Å². The lowest BCUT2D eigenvalue weighted by molar-refractivity contribution is -0.135. The number of ether oxygens (including phenoxy) is 1. The summed E-state index contributed by atoms with van der Waals surface area (Å²) in [7, 11) is 1.67. The number of piperazine rings is 1. The van der Waals surface area contributed by atoms with E-state index in [4.69, 9.17) is 4.74 Å². The van der Waals surface area contributed by atoms with Crippen molar-refractivity contribution in [2.75, 3.05) is 20.2 Å². The summed E-state index contributed by atoms with van der Waals surface area (Å²) in [4.78, 5) is 14.6. The summed E-state index contributed by atoms with van der Waals surface area (Å²) >= 11 is 0. The molecule has 0 bridgehead atoms. The van der Waals surface area contributed by atoms with Crippen LogP contribution in [0.2, 0.25) is 0 Å². The highest BCUT2D eigenvalue weighted by molar-refractivity contribution is 5.85. The molecule has 3 unspecified atom stereocenters. The first-order valence-electron chi connectivity index (χ1n) is 7.70. The Hall–Kier alpha value is -1.26. The monoisotopic (exact) mass is 326 g/mol. The van der Waals surface area contributed by atoms with Gasteiger partial charge >= 0.3 is 0 Å². The molecule has 1 fully saturated rings. The number of carbonyl (C=O) groups excluding carboxylic acids is 1. The first-order chi connectivity index (χ1) is 10.0. The number of hydrogen-bond acceptors (Lipinski definition) is 3. The summed E-state index contributed by atoms with van der Waals surface area (Å²) in [6.07, 6.45) is 0.525. The average molecular weight is 327 g/mol. The smallest absolute Gasteiger partial charge is 0.223 e. The molecule has 4 nitrogen and oxygen atoms in total. The minimum absolute atomic E-state index is 0. The van der Waals surface area contributed by atoms with Crippen LogP contribution < -0.4 is 10.1 Å². The molecule has 1 heterocycles. The van der Waals surface area contributed by atoms with Crippen LogP contribution in [0.3, 0.4) is 0 Å². The van der Waals surface area contributed by atoms with Gasteiger partial charge in [-0.1, -0.05) is 25.1 Å². The molecule has 1 aromatic rings. The third-order valence-corrected chi connectivity index (χ3v) is 4.51. The van der Waals surface area contributed by atoms with Gasteiger partial charge in [0.15, 0.2) is 0 Å².